The molecule has 4 aliphatic heterocycles. The largest absolute Gasteiger partial charge is 0.454 e. The number of fused-ring (bicyclic) bond motifs is 4. The second kappa shape index (κ2) is 23.4. The van der Waals surface area contributed by atoms with Gasteiger partial charge in [-0.05, 0) is 42.3 Å². The fourth-order valence-electron chi connectivity index (χ4n) is 7.62. The highest BCUT2D eigenvalue weighted by Gasteiger charge is 2.23. The zero-order chi connectivity index (χ0) is 54.7. The molecule has 18 N–H and O–H groups in total. The average Bonchev–Trinajstić information content (AvgIpc) is 4.29. The molecule has 0 saturated heterocycles. The van der Waals surface area contributed by atoms with Crippen molar-refractivity contribution < 1.29 is 37.9 Å². The number of aromatic nitrogens is 12. The lowest BCUT2D eigenvalue weighted by Crippen LogP contribution is -2.21. The first-order valence-electron chi connectivity index (χ1n) is 23.2. The highest BCUT2D eigenvalue weighted by Crippen LogP contribution is 2.42. The fourth-order valence-corrected chi connectivity index (χ4v) is 7.62. The molecule has 78 heavy (non-hydrogen) atoms. The van der Waals surface area contributed by atoms with Crippen LogP contribution in [0.4, 0.5) is 77.1 Å². The molecule has 0 amide bonds. The molecule has 32 nitrogen and oxygen atoms in total. The first-order chi connectivity index (χ1) is 37.7. The van der Waals surface area contributed by atoms with Crippen LogP contribution in [-0.2, 0) is 19.5 Å². The Kier molecular flexibility index (Phi) is 15.6. The van der Waals surface area contributed by atoms with Crippen molar-refractivity contribution in [1.29, 1.82) is 0 Å². The number of para-hydroxylation sites is 4. The third-order valence-corrected chi connectivity index (χ3v) is 11.0. The van der Waals surface area contributed by atoms with Gasteiger partial charge in [-0.15, -0.1) is 0 Å². The Bertz CT molecular complexity index is 3340. The van der Waals surface area contributed by atoms with Crippen molar-refractivity contribution in [3.63, 3.8) is 0 Å². The van der Waals surface area contributed by atoms with E-state index in [-0.39, 0.29) is 74.8 Å². The van der Waals surface area contributed by atoms with E-state index >= 15 is 0 Å². The molecule has 0 spiro atoms. The molecule has 0 bridgehead atoms. The number of nitrogens with one attached hydrogen (secondary N) is 2. The molecule has 0 atom stereocenters. The van der Waals surface area contributed by atoms with Crippen LogP contribution in [0, 0.1) is 0 Å². The Labute approximate surface area is 442 Å². The first-order valence-corrected chi connectivity index (χ1v) is 23.2. The smallest absolute Gasteiger partial charge is 0.236 e. The summed E-state index contributed by atoms with van der Waals surface area (Å²) in [5.41, 5.74) is 48.0. The molecule has 0 unspecified atom stereocenters. The molecule has 12 rings (SSSR count). The summed E-state index contributed by atoms with van der Waals surface area (Å²) in [6, 6.07) is 22.8. The fraction of sp³-hybridized carbons (Fsp3) is 0.217. The standard InChI is InChI=1S/2C12H14N6O2.2C11H12N6O2/c1-18(12-16-10(13)15-11(14)17-12)5-7-3-2-4-8-9(7)20-6-19-8;13-10-16-11(14)18-12(17-10)15-5-4-7-2-1-3-8-9(7)20-6-19-8;1-17(11-15-9(12)14-10(13)16-11)6-3-2-4-7-8(6)19-5-18-7;12-9-15-10(13)17-11(16-9)14-4-6-2-1-3-7-8(6)19-5-18-7/h2-4H,5-6H2,1H3,(H4,13,14,15,16,17);1-3H,4-6H2,(H5,13,14,15,16,17,18);2-4H,5H2,1H3,(H4,12,13,14,15,16);1-3H,4-5H2,(H5,12,13,14,15,16,17). The Morgan fingerprint density at radius 1 is 0.397 bits per heavy atom. The molecule has 4 aromatic heterocycles. The van der Waals surface area contributed by atoms with Crippen LogP contribution in [0.15, 0.2) is 72.8 Å². The van der Waals surface area contributed by atoms with E-state index in [9.17, 15) is 0 Å². The second-order valence-corrected chi connectivity index (χ2v) is 16.4. The minimum absolute atomic E-state index is 0.0686. The van der Waals surface area contributed by atoms with E-state index in [2.05, 4.69) is 70.4 Å². The number of nitrogens with two attached hydrogens (primary N) is 8. The second-order valence-electron chi connectivity index (χ2n) is 16.4. The number of ether oxygens (including phenoxy) is 8. The lowest BCUT2D eigenvalue weighted by atomic mass is 10.1. The maximum Gasteiger partial charge on any atom is 0.236 e. The van der Waals surface area contributed by atoms with Crippen molar-refractivity contribution in [3.8, 4) is 46.0 Å². The zero-order valence-electron chi connectivity index (χ0n) is 41.7. The predicted molar refractivity (Wildman–Crippen MR) is 285 cm³/mol. The van der Waals surface area contributed by atoms with Crippen LogP contribution in [-0.4, -0.2) is 108 Å². The number of benzene rings is 4. The summed E-state index contributed by atoms with van der Waals surface area (Å²) in [5.74, 6) is 7.94. The Morgan fingerprint density at radius 3 is 1.27 bits per heavy atom. The third kappa shape index (κ3) is 12.8. The van der Waals surface area contributed by atoms with E-state index in [0.717, 1.165) is 63.3 Å². The minimum atomic E-state index is 0.0686. The highest BCUT2D eigenvalue weighted by molar-refractivity contribution is 5.70. The monoisotopic (exact) mass is 1070 g/mol. The van der Waals surface area contributed by atoms with Crippen LogP contribution in [0.25, 0.3) is 0 Å². The molecule has 8 heterocycles. The van der Waals surface area contributed by atoms with E-state index in [1.54, 1.807) is 11.9 Å². The lowest BCUT2D eigenvalue weighted by Gasteiger charge is -2.18. The van der Waals surface area contributed by atoms with Crippen LogP contribution < -0.4 is 104 Å². The van der Waals surface area contributed by atoms with E-state index < -0.39 is 0 Å². The maximum atomic E-state index is 5.57. The van der Waals surface area contributed by atoms with Gasteiger partial charge in [-0.2, -0.15) is 59.8 Å². The molecular formula is C46H52N24O8. The lowest BCUT2D eigenvalue weighted by molar-refractivity contribution is 0.173. The van der Waals surface area contributed by atoms with Gasteiger partial charge in [0.2, 0.25) is 98.6 Å². The Hall–Kier alpha value is -11.1. The van der Waals surface area contributed by atoms with Crippen molar-refractivity contribution in [2.45, 2.75) is 19.5 Å². The van der Waals surface area contributed by atoms with E-state index in [1.807, 2.05) is 84.7 Å². The number of hydrogen-bond acceptors (Lipinski definition) is 32. The van der Waals surface area contributed by atoms with Crippen molar-refractivity contribution in [2.24, 2.45) is 0 Å². The van der Waals surface area contributed by atoms with Gasteiger partial charge in [0.05, 0.1) is 5.69 Å². The Balaban J connectivity index is 0.000000126. The van der Waals surface area contributed by atoms with Gasteiger partial charge in [0.15, 0.2) is 46.0 Å². The van der Waals surface area contributed by atoms with Crippen LogP contribution in [0.5, 0.6) is 46.0 Å². The molecule has 404 valence electrons. The normalized spacial score (nSPS) is 12.4. The van der Waals surface area contributed by atoms with Crippen molar-refractivity contribution in [2.75, 3.05) is 114 Å². The van der Waals surface area contributed by atoms with Crippen LogP contribution >= 0.6 is 0 Å². The van der Waals surface area contributed by atoms with Crippen LogP contribution in [0.3, 0.4) is 0 Å². The number of nitrogen functional groups attached to an aromatic ring is 8. The molecule has 4 aromatic carbocycles. The summed E-state index contributed by atoms with van der Waals surface area (Å²) in [6.07, 6.45) is 0.734. The van der Waals surface area contributed by atoms with Gasteiger partial charge in [-0.1, -0.05) is 42.5 Å². The third-order valence-electron chi connectivity index (χ3n) is 11.0. The number of hydrogen-bond donors (Lipinski definition) is 10. The number of anilines is 13. The van der Waals surface area contributed by atoms with Gasteiger partial charge in [0.25, 0.3) is 0 Å². The molecule has 0 saturated carbocycles. The maximum absolute atomic E-state index is 5.57. The van der Waals surface area contributed by atoms with Gasteiger partial charge in [0, 0.05) is 44.9 Å². The quantitative estimate of drug-likeness (QED) is 0.0832. The van der Waals surface area contributed by atoms with Crippen molar-refractivity contribution in [3.05, 3.63) is 89.5 Å². The van der Waals surface area contributed by atoms with Crippen LogP contribution in [0.2, 0.25) is 0 Å². The summed E-state index contributed by atoms with van der Waals surface area (Å²) < 4.78 is 43.0. The highest BCUT2D eigenvalue weighted by atomic mass is 16.7. The summed E-state index contributed by atoms with van der Waals surface area (Å²) in [6.45, 7) is 2.55. The van der Waals surface area contributed by atoms with Gasteiger partial charge >= 0.3 is 0 Å². The number of nitrogens with zero attached hydrogens (tertiary/aromatic N) is 14. The van der Waals surface area contributed by atoms with Gasteiger partial charge < -0.3 is 104 Å². The Morgan fingerprint density at radius 2 is 0.769 bits per heavy atom. The molecular weight excluding hydrogens is 1020 g/mol. The van der Waals surface area contributed by atoms with E-state index in [0.29, 0.717) is 54.9 Å². The topological polar surface area (TPSA) is 467 Å². The molecule has 0 fully saturated rings. The molecule has 32 heteroatoms. The summed E-state index contributed by atoms with van der Waals surface area (Å²) >= 11 is 0. The van der Waals surface area contributed by atoms with Crippen LogP contribution in [0.1, 0.15) is 16.7 Å². The molecule has 8 aromatic rings. The summed E-state index contributed by atoms with van der Waals surface area (Å²) in [7, 11) is 3.62. The van der Waals surface area contributed by atoms with E-state index in [4.69, 9.17) is 83.8 Å². The predicted octanol–water partition coefficient (Wildman–Crippen LogP) is 1.73. The van der Waals surface area contributed by atoms with Crippen molar-refractivity contribution >= 4 is 77.1 Å². The zero-order valence-corrected chi connectivity index (χ0v) is 41.7. The average molecular weight is 1070 g/mol. The van der Waals surface area contributed by atoms with Gasteiger partial charge in [-0.3, -0.25) is 0 Å². The van der Waals surface area contributed by atoms with E-state index in [1.165, 1.54) is 0 Å². The van der Waals surface area contributed by atoms with Gasteiger partial charge in [0.1, 0.15) is 0 Å². The first kappa shape index (κ1) is 51.8. The molecule has 0 aliphatic carbocycles. The molecule has 0 radical (unpaired) electrons. The number of rotatable bonds is 12. The SMILES string of the molecule is CN(Cc1cccc2c1OCO2)c1nc(N)nc(N)n1.CN(c1nc(N)nc(N)n1)c1cccc2c1OCO2.Nc1nc(N)nc(NCCc2cccc3c2OCO3)n1.Nc1nc(N)nc(NCc2cccc3c2OCO3)n1. The van der Waals surface area contributed by atoms with Gasteiger partial charge in [-0.25, -0.2) is 0 Å². The summed E-state index contributed by atoms with van der Waals surface area (Å²) in [4.78, 5) is 50.3. The molecule has 4 aliphatic rings. The summed E-state index contributed by atoms with van der Waals surface area (Å²) in [5, 5.41) is 6.06. The van der Waals surface area contributed by atoms with Crippen molar-refractivity contribution in [1.82, 2.24) is 59.8 Å². The minimum Gasteiger partial charge on any atom is -0.454 e.